The molecule has 2 aromatic carbocycles. The lowest BCUT2D eigenvalue weighted by Crippen LogP contribution is -1.97. The van der Waals surface area contributed by atoms with Crippen LogP contribution < -0.4 is 9.47 Å². The summed E-state index contributed by atoms with van der Waals surface area (Å²) in [5.74, 6) is 2.25. The normalized spacial score (nSPS) is 10.9. The number of hydrogen-bond acceptors (Lipinski definition) is 8. The molecule has 8 heteroatoms. The molecule has 0 aliphatic heterocycles. The summed E-state index contributed by atoms with van der Waals surface area (Å²) in [4.78, 5) is 4.31. The average molecular weight is 324 g/mol. The predicted molar refractivity (Wildman–Crippen MR) is 82.4 cm³/mol. The van der Waals surface area contributed by atoms with Crippen molar-refractivity contribution in [3.8, 4) is 23.0 Å². The number of benzene rings is 2. The quantitative estimate of drug-likeness (QED) is 0.553. The van der Waals surface area contributed by atoms with Crippen LogP contribution >= 0.6 is 0 Å². The fourth-order valence-electron chi connectivity index (χ4n) is 2.16. The SMILES string of the molecule is COc1ccc(-c2nc(COc3ccc4nonc4c3)no2)cc1. The Morgan fingerprint density at radius 3 is 2.54 bits per heavy atom. The third-order valence-corrected chi connectivity index (χ3v) is 3.40. The van der Waals surface area contributed by atoms with Gasteiger partial charge in [0.25, 0.3) is 5.89 Å². The van der Waals surface area contributed by atoms with Crippen molar-refractivity contribution in [1.82, 2.24) is 20.5 Å². The minimum atomic E-state index is 0.177. The molecule has 2 heterocycles. The molecule has 0 fully saturated rings. The van der Waals surface area contributed by atoms with E-state index in [1.807, 2.05) is 24.3 Å². The second kappa shape index (κ2) is 5.99. The number of methoxy groups -OCH3 is 1. The van der Waals surface area contributed by atoms with Gasteiger partial charge in [0.15, 0.2) is 6.61 Å². The second-order valence-electron chi connectivity index (χ2n) is 4.95. The number of aromatic nitrogens is 4. The molecule has 0 aliphatic rings. The average Bonchev–Trinajstić information content (AvgIpc) is 3.29. The van der Waals surface area contributed by atoms with Crippen molar-refractivity contribution in [3.05, 3.63) is 48.3 Å². The first-order valence-corrected chi connectivity index (χ1v) is 7.14. The van der Waals surface area contributed by atoms with Crippen molar-refractivity contribution >= 4 is 11.0 Å². The van der Waals surface area contributed by atoms with Crippen LogP contribution in [0.3, 0.4) is 0 Å². The molecule has 2 aromatic heterocycles. The summed E-state index contributed by atoms with van der Waals surface area (Å²) in [6.07, 6.45) is 0. The van der Waals surface area contributed by atoms with Crippen LogP contribution in [0.25, 0.3) is 22.5 Å². The molecule has 4 rings (SSSR count). The van der Waals surface area contributed by atoms with Crippen LogP contribution in [-0.2, 0) is 6.61 Å². The molecule has 0 aliphatic carbocycles. The van der Waals surface area contributed by atoms with Gasteiger partial charge in [-0.05, 0) is 46.7 Å². The van der Waals surface area contributed by atoms with Crippen LogP contribution in [0.2, 0.25) is 0 Å². The summed E-state index contributed by atoms with van der Waals surface area (Å²) in [5, 5.41) is 11.4. The fourth-order valence-corrected chi connectivity index (χ4v) is 2.16. The molecule has 0 N–H and O–H groups in total. The standard InChI is InChI=1S/C16H12N4O4/c1-21-11-4-2-10(3-5-11)16-17-15(20-23-16)9-22-12-6-7-13-14(8-12)19-24-18-13/h2-8H,9H2,1H3. The van der Waals surface area contributed by atoms with Gasteiger partial charge in [-0.2, -0.15) is 4.98 Å². The first-order chi connectivity index (χ1) is 11.8. The van der Waals surface area contributed by atoms with E-state index in [1.165, 1.54) is 0 Å². The zero-order valence-electron chi connectivity index (χ0n) is 12.7. The highest BCUT2D eigenvalue weighted by molar-refractivity contribution is 5.74. The summed E-state index contributed by atoms with van der Waals surface area (Å²) >= 11 is 0. The summed E-state index contributed by atoms with van der Waals surface area (Å²) < 4.78 is 20.7. The van der Waals surface area contributed by atoms with Gasteiger partial charge in [0.05, 0.1) is 7.11 Å². The molecule has 0 spiro atoms. The Bertz CT molecular complexity index is 962. The molecule has 120 valence electrons. The van der Waals surface area contributed by atoms with E-state index in [1.54, 1.807) is 25.3 Å². The van der Waals surface area contributed by atoms with E-state index < -0.39 is 0 Å². The van der Waals surface area contributed by atoms with Gasteiger partial charge in [-0.15, -0.1) is 0 Å². The largest absolute Gasteiger partial charge is 0.497 e. The number of rotatable bonds is 5. The summed E-state index contributed by atoms with van der Waals surface area (Å²) in [7, 11) is 1.61. The molecule has 0 unspecified atom stereocenters. The molecule has 0 bridgehead atoms. The summed E-state index contributed by atoms with van der Waals surface area (Å²) in [6.45, 7) is 0.177. The van der Waals surface area contributed by atoms with Gasteiger partial charge in [-0.25, -0.2) is 4.63 Å². The van der Waals surface area contributed by atoms with Crippen LogP contribution in [0.4, 0.5) is 0 Å². The zero-order valence-corrected chi connectivity index (χ0v) is 12.7. The molecule has 0 saturated heterocycles. The number of fused-ring (bicyclic) bond motifs is 1. The van der Waals surface area contributed by atoms with Gasteiger partial charge in [0.1, 0.15) is 22.5 Å². The van der Waals surface area contributed by atoms with Crippen molar-refractivity contribution in [2.45, 2.75) is 6.61 Å². The van der Waals surface area contributed by atoms with Crippen molar-refractivity contribution in [2.75, 3.05) is 7.11 Å². The third-order valence-electron chi connectivity index (χ3n) is 3.40. The van der Waals surface area contributed by atoms with E-state index >= 15 is 0 Å². The maximum atomic E-state index is 5.64. The van der Waals surface area contributed by atoms with Crippen LogP contribution in [0.1, 0.15) is 5.82 Å². The molecule has 0 amide bonds. The Morgan fingerprint density at radius 2 is 1.71 bits per heavy atom. The van der Waals surface area contributed by atoms with Gasteiger partial charge in [-0.3, -0.25) is 0 Å². The van der Waals surface area contributed by atoms with Gasteiger partial charge in [0.2, 0.25) is 5.82 Å². The van der Waals surface area contributed by atoms with Crippen LogP contribution in [0, 0.1) is 0 Å². The molecule has 0 saturated carbocycles. The molecular weight excluding hydrogens is 312 g/mol. The summed E-state index contributed by atoms with van der Waals surface area (Å²) in [5.41, 5.74) is 2.10. The topological polar surface area (TPSA) is 96.3 Å². The fraction of sp³-hybridized carbons (Fsp3) is 0.125. The Balaban J connectivity index is 1.46. The maximum absolute atomic E-state index is 5.64. The van der Waals surface area contributed by atoms with Gasteiger partial charge < -0.3 is 14.0 Å². The highest BCUT2D eigenvalue weighted by atomic mass is 16.6. The molecule has 0 radical (unpaired) electrons. The van der Waals surface area contributed by atoms with E-state index in [0.717, 1.165) is 11.3 Å². The van der Waals surface area contributed by atoms with Crippen molar-refractivity contribution in [3.63, 3.8) is 0 Å². The number of nitrogens with zero attached hydrogens (tertiary/aromatic N) is 4. The second-order valence-corrected chi connectivity index (χ2v) is 4.95. The Hall–Kier alpha value is -3.42. The lowest BCUT2D eigenvalue weighted by molar-refractivity contribution is 0.287. The first-order valence-electron chi connectivity index (χ1n) is 7.14. The smallest absolute Gasteiger partial charge is 0.258 e. The molecular formula is C16H12N4O4. The minimum absolute atomic E-state index is 0.177. The number of hydrogen-bond donors (Lipinski definition) is 0. The predicted octanol–water partition coefficient (Wildman–Crippen LogP) is 2.86. The molecule has 4 aromatic rings. The zero-order chi connectivity index (χ0) is 16.4. The highest BCUT2D eigenvalue weighted by Gasteiger charge is 2.10. The monoisotopic (exact) mass is 324 g/mol. The lowest BCUT2D eigenvalue weighted by atomic mass is 10.2. The molecule has 0 atom stereocenters. The van der Waals surface area contributed by atoms with Crippen LogP contribution in [0.15, 0.2) is 51.6 Å². The van der Waals surface area contributed by atoms with Crippen molar-refractivity contribution in [1.29, 1.82) is 0 Å². The maximum Gasteiger partial charge on any atom is 0.258 e. The molecule has 24 heavy (non-hydrogen) atoms. The van der Waals surface area contributed by atoms with E-state index in [4.69, 9.17) is 14.0 Å². The third kappa shape index (κ3) is 2.76. The van der Waals surface area contributed by atoms with Crippen LogP contribution in [-0.4, -0.2) is 27.6 Å². The van der Waals surface area contributed by atoms with E-state index in [2.05, 4.69) is 25.1 Å². The van der Waals surface area contributed by atoms with E-state index in [0.29, 0.717) is 28.5 Å². The van der Waals surface area contributed by atoms with Gasteiger partial charge in [0, 0.05) is 11.6 Å². The van der Waals surface area contributed by atoms with Crippen molar-refractivity contribution in [2.24, 2.45) is 0 Å². The van der Waals surface area contributed by atoms with Crippen molar-refractivity contribution < 1.29 is 18.6 Å². The highest BCUT2D eigenvalue weighted by Crippen LogP contribution is 2.22. The lowest BCUT2D eigenvalue weighted by Gasteiger charge is -2.01. The first kappa shape index (κ1) is 14.2. The van der Waals surface area contributed by atoms with Gasteiger partial charge in [-0.1, -0.05) is 5.16 Å². The Morgan fingerprint density at radius 1 is 0.917 bits per heavy atom. The Kier molecular flexibility index (Phi) is 3.54. The molecule has 8 nitrogen and oxygen atoms in total. The van der Waals surface area contributed by atoms with Crippen LogP contribution in [0.5, 0.6) is 11.5 Å². The van der Waals surface area contributed by atoms with E-state index in [-0.39, 0.29) is 6.61 Å². The van der Waals surface area contributed by atoms with E-state index in [9.17, 15) is 0 Å². The number of ether oxygens (including phenoxy) is 2. The Labute approximate surface area is 136 Å². The summed E-state index contributed by atoms with van der Waals surface area (Å²) in [6, 6.07) is 12.6. The van der Waals surface area contributed by atoms with Gasteiger partial charge >= 0.3 is 0 Å². The minimum Gasteiger partial charge on any atom is -0.497 e.